The minimum atomic E-state index is -0.622. The summed E-state index contributed by atoms with van der Waals surface area (Å²) in [5.41, 5.74) is 0.309. The number of carbonyl (C=O) groups excluding carboxylic acids is 1. The molecule has 1 aromatic rings. The number of rotatable bonds is 2. The number of amides is 1. The lowest BCUT2D eigenvalue weighted by atomic mass is 9.67. The lowest BCUT2D eigenvalue weighted by Gasteiger charge is -2.53. The molecule has 1 spiro atoms. The number of benzene rings is 1. The van der Waals surface area contributed by atoms with Crippen LogP contribution < -0.4 is 5.32 Å². The molecule has 24 heavy (non-hydrogen) atoms. The number of hydrogen-bond donors (Lipinski definition) is 1. The van der Waals surface area contributed by atoms with E-state index in [0.29, 0.717) is 31.6 Å². The molecule has 1 N–H and O–H groups in total. The van der Waals surface area contributed by atoms with Gasteiger partial charge < -0.3 is 19.5 Å². The molecule has 0 radical (unpaired) electrons. The minimum Gasteiger partial charge on any atom is -0.444 e. The highest BCUT2D eigenvalue weighted by Crippen LogP contribution is 2.52. The van der Waals surface area contributed by atoms with Crippen LogP contribution in [0.5, 0.6) is 0 Å². The molecule has 1 aliphatic carbocycles. The Labute approximate surface area is 141 Å². The molecule has 0 unspecified atom stereocenters. The Morgan fingerprint density at radius 3 is 2.29 bits per heavy atom. The van der Waals surface area contributed by atoms with Crippen molar-refractivity contribution in [3.05, 3.63) is 35.4 Å². The van der Waals surface area contributed by atoms with Crippen molar-refractivity contribution in [3.63, 3.8) is 0 Å². The van der Waals surface area contributed by atoms with Crippen LogP contribution in [0.3, 0.4) is 0 Å². The molecule has 128 valence electrons. The van der Waals surface area contributed by atoms with Gasteiger partial charge in [-0.3, -0.25) is 0 Å². The average molecular weight is 330 g/mol. The second-order valence-electron chi connectivity index (χ2n) is 7.36. The van der Waals surface area contributed by atoms with Crippen LogP contribution in [-0.2, 0) is 19.7 Å². The fourth-order valence-electron chi connectivity index (χ4n) is 3.30. The predicted molar refractivity (Wildman–Crippen MR) is 86.1 cm³/mol. The van der Waals surface area contributed by atoms with Crippen molar-refractivity contribution in [2.75, 3.05) is 13.2 Å². The summed E-state index contributed by atoms with van der Waals surface area (Å²) in [6.07, 6.45) is 0.565. The van der Waals surface area contributed by atoms with E-state index in [1.807, 2.05) is 32.9 Å². The summed E-state index contributed by atoms with van der Waals surface area (Å²) in [5, 5.41) is 12.0. The van der Waals surface area contributed by atoms with Crippen LogP contribution >= 0.6 is 0 Å². The molecular weight excluding hydrogens is 308 g/mol. The molecule has 6 heteroatoms. The van der Waals surface area contributed by atoms with Gasteiger partial charge in [-0.05, 0) is 38.5 Å². The van der Waals surface area contributed by atoms with Crippen molar-refractivity contribution in [1.82, 2.24) is 5.32 Å². The highest BCUT2D eigenvalue weighted by atomic mass is 16.7. The van der Waals surface area contributed by atoms with Crippen LogP contribution in [0.15, 0.2) is 24.3 Å². The van der Waals surface area contributed by atoms with E-state index in [-0.39, 0.29) is 0 Å². The molecule has 1 aliphatic heterocycles. The lowest BCUT2D eigenvalue weighted by Crippen LogP contribution is -2.64. The molecule has 1 saturated carbocycles. The Morgan fingerprint density at radius 1 is 1.21 bits per heavy atom. The van der Waals surface area contributed by atoms with E-state index in [0.717, 1.165) is 5.56 Å². The summed E-state index contributed by atoms with van der Waals surface area (Å²) in [6, 6.07) is 9.31. The zero-order valence-corrected chi connectivity index (χ0v) is 14.2. The Hall–Kier alpha value is -2.10. The van der Waals surface area contributed by atoms with Crippen molar-refractivity contribution in [3.8, 4) is 6.07 Å². The molecule has 2 fully saturated rings. The van der Waals surface area contributed by atoms with E-state index in [9.17, 15) is 4.79 Å². The topological polar surface area (TPSA) is 80.6 Å². The van der Waals surface area contributed by atoms with Crippen molar-refractivity contribution >= 4 is 6.09 Å². The largest absolute Gasteiger partial charge is 0.444 e. The standard InChI is InChI=1S/C18H22N2O4/c1-16(2,3)24-15(21)20-17(11-18(12-17)22-8-9-23-18)14-6-4-13(10-19)5-7-14/h4-7H,8-9,11-12H2,1-3H3,(H,20,21). The first-order valence-electron chi connectivity index (χ1n) is 8.06. The molecule has 0 bridgehead atoms. The normalized spacial score (nSPS) is 20.9. The van der Waals surface area contributed by atoms with Gasteiger partial charge in [0.1, 0.15) is 5.60 Å². The smallest absolute Gasteiger partial charge is 0.408 e. The fraction of sp³-hybridized carbons (Fsp3) is 0.556. The van der Waals surface area contributed by atoms with Crippen LogP contribution in [-0.4, -0.2) is 30.7 Å². The van der Waals surface area contributed by atoms with Crippen LogP contribution in [0.4, 0.5) is 4.79 Å². The monoisotopic (exact) mass is 330 g/mol. The molecule has 1 aromatic carbocycles. The summed E-state index contributed by atoms with van der Waals surface area (Å²) in [5.74, 6) is -0.622. The Balaban J connectivity index is 1.82. The summed E-state index contributed by atoms with van der Waals surface area (Å²) >= 11 is 0. The highest BCUT2D eigenvalue weighted by Gasteiger charge is 2.60. The van der Waals surface area contributed by atoms with Gasteiger partial charge in [-0.15, -0.1) is 0 Å². The zero-order valence-electron chi connectivity index (χ0n) is 14.2. The second-order valence-corrected chi connectivity index (χ2v) is 7.36. The highest BCUT2D eigenvalue weighted by molar-refractivity contribution is 5.69. The molecule has 1 amide bonds. The van der Waals surface area contributed by atoms with E-state index >= 15 is 0 Å². The van der Waals surface area contributed by atoms with E-state index in [1.165, 1.54) is 0 Å². The molecule has 0 atom stereocenters. The van der Waals surface area contributed by atoms with Crippen molar-refractivity contribution in [2.24, 2.45) is 0 Å². The van der Waals surface area contributed by atoms with E-state index in [4.69, 9.17) is 19.5 Å². The third-order valence-corrected chi connectivity index (χ3v) is 4.26. The van der Waals surface area contributed by atoms with Gasteiger partial charge in [-0.25, -0.2) is 4.79 Å². The lowest BCUT2D eigenvalue weighted by molar-refractivity contribution is -0.245. The quantitative estimate of drug-likeness (QED) is 0.902. The van der Waals surface area contributed by atoms with Gasteiger partial charge in [0.2, 0.25) is 0 Å². The Kier molecular flexibility index (Phi) is 4.02. The van der Waals surface area contributed by atoms with Crippen LogP contribution in [0.2, 0.25) is 0 Å². The van der Waals surface area contributed by atoms with Gasteiger partial charge in [-0.2, -0.15) is 5.26 Å². The Morgan fingerprint density at radius 2 is 1.79 bits per heavy atom. The van der Waals surface area contributed by atoms with Crippen LogP contribution in [0, 0.1) is 11.3 Å². The first kappa shape index (κ1) is 16.7. The van der Waals surface area contributed by atoms with Gasteiger partial charge in [0.25, 0.3) is 0 Å². The maximum atomic E-state index is 12.3. The van der Waals surface area contributed by atoms with Gasteiger partial charge in [0.05, 0.1) is 30.4 Å². The number of alkyl carbamates (subject to hydrolysis) is 1. The summed E-state index contributed by atoms with van der Waals surface area (Å²) in [4.78, 5) is 12.3. The molecule has 1 heterocycles. The molecule has 2 aliphatic rings. The van der Waals surface area contributed by atoms with Gasteiger partial charge >= 0.3 is 6.09 Å². The van der Waals surface area contributed by atoms with Gasteiger partial charge in [0.15, 0.2) is 5.79 Å². The minimum absolute atomic E-state index is 0.472. The van der Waals surface area contributed by atoms with E-state index in [1.54, 1.807) is 12.1 Å². The number of ether oxygens (including phenoxy) is 3. The van der Waals surface area contributed by atoms with E-state index < -0.39 is 23.0 Å². The summed E-state index contributed by atoms with van der Waals surface area (Å²) < 4.78 is 16.8. The van der Waals surface area contributed by atoms with Gasteiger partial charge in [-0.1, -0.05) is 12.1 Å². The molecule has 0 aromatic heterocycles. The van der Waals surface area contributed by atoms with Crippen LogP contribution in [0.1, 0.15) is 44.7 Å². The predicted octanol–water partition coefficient (Wildman–Crippen LogP) is 2.82. The first-order valence-corrected chi connectivity index (χ1v) is 8.06. The number of nitriles is 1. The second kappa shape index (κ2) is 5.76. The van der Waals surface area contributed by atoms with Gasteiger partial charge in [0, 0.05) is 12.8 Å². The number of hydrogen-bond acceptors (Lipinski definition) is 5. The zero-order chi connectivity index (χ0) is 17.4. The van der Waals surface area contributed by atoms with E-state index in [2.05, 4.69) is 11.4 Å². The molecule has 6 nitrogen and oxygen atoms in total. The number of nitrogens with zero attached hydrogens (tertiary/aromatic N) is 1. The Bertz CT molecular complexity index is 656. The average Bonchev–Trinajstić information content (AvgIpc) is 2.93. The summed E-state index contributed by atoms with van der Waals surface area (Å²) in [7, 11) is 0. The molecular formula is C18H22N2O4. The van der Waals surface area contributed by atoms with Crippen molar-refractivity contribution in [1.29, 1.82) is 5.26 Å². The number of carbonyl (C=O) groups is 1. The summed E-state index contributed by atoms with van der Waals surface area (Å²) in [6.45, 7) is 6.61. The van der Waals surface area contributed by atoms with Crippen LogP contribution in [0.25, 0.3) is 0 Å². The maximum absolute atomic E-state index is 12.3. The SMILES string of the molecule is CC(C)(C)OC(=O)NC1(c2ccc(C#N)cc2)CC2(C1)OCCO2. The molecule has 1 saturated heterocycles. The maximum Gasteiger partial charge on any atom is 0.408 e. The third kappa shape index (κ3) is 3.23. The molecule has 3 rings (SSSR count). The third-order valence-electron chi connectivity index (χ3n) is 4.26. The van der Waals surface area contributed by atoms with Crippen molar-refractivity contribution in [2.45, 2.75) is 50.5 Å². The van der Waals surface area contributed by atoms with Crippen molar-refractivity contribution < 1.29 is 19.0 Å². The fourth-order valence-corrected chi connectivity index (χ4v) is 3.30. The first-order chi connectivity index (χ1) is 11.3. The number of nitrogens with one attached hydrogen (secondary N) is 1.